The van der Waals surface area contributed by atoms with Crippen LogP contribution in [0.4, 0.5) is 52.8 Å². The van der Waals surface area contributed by atoms with Gasteiger partial charge in [0.05, 0.1) is 24.9 Å². The van der Waals surface area contributed by atoms with Crippen molar-refractivity contribution in [3.05, 3.63) is 113 Å². The van der Waals surface area contributed by atoms with E-state index in [-0.39, 0.29) is 0 Å². The molecule has 4 rings (SSSR count). The molecule has 0 bridgehead atoms. The summed E-state index contributed by atoms with van der Waals surface area (Å²) in [5.41, 5.74) is 5.34. The molecule has 0 radical (unpaired) electrons. The van der Waals surface area contributed by atoms with E-state index in [0.29, 0.717) is 17.6 Å². The molecule has 0 heterocycles. The Labute approximate surface area is 337 Å². The first-order valence-corrected chi connectivity index (χ1v) is 17.0. The summed E-state index contributed by atoms with van der Waals surface area (Å²) in [5, 5.41) is 28.4. The summed E-state index contributed by atoms with van der Waals surface area (Å²) < 4.78 is 151. The van der Waals surface area contributed by atoms with E-state index in [0.717, 1.165) is 33.6 Å². The van der Waals surface area contributed by atoms with E-state index in [1.165, 1.54) is 0 Å². The molecule has 0 aliphatic heterocycles. The third kappa shape index (κ3) is 11.4. The molecule has 61 heavy (non-hydrogen) atoms. The number of benzene rings is 3. The fraction of sp³-hybridized carbons (Fsp3) is 0.333. The van der Waals surface area contributed by atoms with E-state index in [9.17, 15) is 82.2 Å². The molecule has 334 valence electrons. The van der Waals surface area contributed by atoms with Crippen molar-refractivity contribution in [1.82, 2.24) is 0 Å². The molecule has 1 aliphatic rings. The van der Waals surface area contributed by atoms with Gasteiger partial charge in [-0.15, -0.1) is 0 Å². The molecule has 0 saturated heterocycles. The number of carboxylic acids is 3. The number of aliphatic carboxylic acids is 3. The molecule has 0 fully saturated rings. The molecule has 3 aromatic rings. The molecular weight excluding hydrogens is 856 g/mol. The van der Waals surface area contributed by atoms with E-state index in [2.05, 4.69) is 0 Å². The molecule has 10 nitrogen and oxygen atoms in total. The lowest BCUT2D eigenvalue weighted by molar-refractivity contribution is -0.476. The first-order chi connectivity index (χ1) is 28.1. The highest BCUT2D eigenvalue weighted by Crippen LogP contribution is 2.51. The summed E-state index contributed by atoms with van der Waals surface area (Å²) in [6, 6.07) is 26.2. The SMILES string of the molecule is CC1=C(c2ccccc2)C(c2ccccc2)=C(C)C(C(=O)O)C1C(=O)O.CCC(C(=O)O)c1ccc(OC)cc1.O=C(OF)C(F)(OC(F)(F)C(F)(F)C(F)(F)F)C(F)(F)F. The number of rotatable bonds is 12. The van der Waals surface area contributed by atoms with Crippen LogP contribution in [0.2, 0.25) is 0 Å². The number of halogens is 12. The van der Waals surface area contributed by atoms with Crippen LogP contribution in [0.1, 0.15) is 49.8 Å². The van der Waals surface area contributed by atoms with Gasteiger partial charge in [0.2, 0.25) is 0 Å². The minimum atomic E-state index is -7.33. The van der Waals surface area contributed by atoms with Gasteiger partial charge in [-0.05, 0) is 71.4 Å². The van der Waals surface area contributed by atoms with Gasteiger partial charge in [0.1, 0.15) is 5.75 Å². The number of carbonyl (C=O) groups excluding carboxylic acids is 1. The van der Waals surface area contributed by atoms with E-state index in [4.69, 9.17) is 9.84 Å². The Balaban J connectivity index is 0.000000330. The molecule has 4 unspecified atom stereocenters. The van der Waals surface area contributed by atoms with Gasteiger partial charge in [-0.25, -0.2) is 9.74 Å². The molecule has 0 amide bonds. The van der Waals surface area contributed by atoms with Crippen LogP contribution in [-0.4, -0.2) is 76.5 Å². The average molecular weight is 891 g/mol. The number of alkyl halides is 11. The van der Waals surface area contributed by atoms with Crippen LogP contribution in [-0.2, 0) is 28.9 Å². The van der Waals surface area contributed by atoms with Crippen molar-refractivity contribution in [2.75, 3.05) is 7.11 Å². The number of hydrogen-bond donors (Lipinski definition) is 3. The van der Waals surface area contributed by atoms with Crippen LogP contribution in [0.15, 0.2) is 96.1 Å². The Morgan fingerprint density at radius 1 is 0.639 bits per heavy atom. The van der Waals surface area contributed by atoms with Crippen molar-refractivity contribution in [3.63, 3.8) is 0 Å². The van der Waals surface area contributed by atoms with Gasteiger partial charge in [0.15, 0.2) is 0 Å². The number of ether oxygens (including phenoxy) is 2. The van der Waals surface area contributed by atoms with E-state index in [1.807, 2.05) is 67.6 Å². The maximum absolute atomic E-state index is 12.9. The highest BCUT2D eigenvalue weighted by molar-refractivity contribution is 6.11. The second kappa shape index (κ2) is 20.0. The first kappa shape index (κ1) is 51.1. The van der Waals surface area contributed by atoms with Gasteiger partial charge in [-0.1, -0.05) is 79.7 Å². The molecular formula is C39H34F12O10. The van der Waals surface area contributed by atoms with Crippen LogP contribution in [0.25, 0.3) is 11.1 Å². The maximum atomic E-state index is 12.9. The lowest BCUT2D eigenvalue weighted by atomic mass is 9.69. The van der Waals surface area contributed by atoms with Crippen LogP contribution < -0.4 is 4.74 Å². The van der Waals surface area contributed by atoms with Gasteiger partial charge < -0.3 is 20.1 Å². The fourth-order valence-electron chi connectivity index (χ4n) is 5.87. The summed E-state index contributed by atoms with van der Waals surface area (Å²) in [6.45, 7) is 5.32. The average Bonchev–Trinajstić information content (AvgIpc) is 3.18. The Hall–Kier alpha value is -6.06. The smallest absolute Gasteiger partial charge is 0.462 e. The Morgan fingerprint density at radius 2 is 1.03 bits per heavy atom. The number of methoxy groups -OCH3 is 1. The largest absolute Gasteiger partial charge is 0.497 e. The number of carbonyl (C=O) groups is 4. The van der Waals surface area contributed by atoms with Crippen molar-refractivity contribution >= 4 is 35.0 Å². The topological polar surface area (TPSA) is 157 Å². The normalized spacial score (nSPS) is 17.4. The third-order valence-electron chi connectivity index (χ3n) is 8.87. The molecule has 4 atom stereocenters. The van der Waals surface area contributed by atoms with Crippen LogP contribution in [0.3, 0.4) is 0 Å². The Morgan fingerprint density at radius 3 is 1.31 bits per heavy atom. The fourth-order valence-corrected chi connectivity index (χ4v) is 5.87. The zero-order valence-corrected chi connectivity index (χ0v) is 31.8. The van der Waals surface area contributed by atoms with E-state index in [1.54, 1.807) is 54.9 Å². The summed E-state index contributed by atoms with van der Waals surface area (Å²) in [4.78, 5) is 46.3. The van der Waals surface area contributed by atoms with Gasteiger partial charge in [0.25, 0.3) is 0 Å². The van der Waals surface area contributed by atoms with Crippen molar-refractivity contribution < 1.29 is 102 Å². The highest BCUT2D eigenvalue weighted by Gasteiger charge is 2.80. The Kier molecular flexibility index (Phi) is 16.7. The van der Waals surface area contributed by atoms with Gasteiger partial charge in [-0.3, -0.25) is 19.1 Å². The lowest BCUT2D eigenvalue weighted by Gasteiger charge is -2.33. The van der Waals surface area contributed by atoms with Gasteiger partial charge in [0, 0.05) is 4.53 Å². The molecule has 0 saturated carbocycles. The van der Waals surface area contributed by atoms with Crippen molar-refractivity contribution in [1.29, 1.82) is 0 Å². The van der Waals surface area contributed by atoms with Gasteiger partial charge >= 0.3 is 54.1 Å². The van der Waals surface area contributed by atoms with Crippen LogP contribution in [0.5, 0.6) is 5.75 Å². The number of carboxylic acid groups (broad SMARTS) is 3. The minimum absolute atomic E-state index is 0.416. The summed E-state index contributed by atoms with van der Waals surface area (Å²) in [7, 11) is 1.59. The second-order valence-corrected chi connectivity index (χ2v) is 12.7. The summed E-state index contributed by atoms with van der Waals surface area (Å²) >= 11 is 0. The number of allylic oxidation sites excluding steroid dienone is 2. The van der Waals surface area contributed by atoms with Gasteiger partial charge in [-0.2, -0.15) is 48.3 Å². The monoisotopic (exact) mass is 890 g/mol. The zero-order valence-electron chi connectivity index (χ0n) is 31.8. The standard InChI is InChI=1S/C22H20O4.C11H14O3.C6F12O3/c1-13-17(15-9-5-3-6-10-15)18(16-11-7-4-8-12-16)14(2)20(22(25)26)19(13)21(23)24;1-3-10(11(12)13)8-4-6-9(14-2)7-5-8;7-2(1(19)20-18,4(10,11)12)21-6(16,17)3(8,9)5(13,14)15/h3-12,19-20H,1-2H3,(H,23,24)(H,25,26);4-7,10H,3H2,1-2H3,(H,12,13);. The molecule has 22 heteroatoms. The molecule has 0 aromatic heterocycles. The van der Waals surface area contributed by atoms with E-state index < -0.39 is 71.9 Å². The minimum Gasteiger partial charge on any atom is -0.497 e. The van der Waals surface area contributed by atoms with Crippen LogP contribution in [0, 0.1) is 11.8 Å². The highest BCUT2D eigenvalue weighted by atomic mass is 19.4. The number of hydrogen-bond acceptors (Lipinski definition) is 7. The predicted molar refractivity (Wildman–Crippen MR) is 188 cm³/mol. The lowest BCUT2D eigenvalue weighted by Crippen LogP contribution is -2.61. The van der Waals surface area contributed by atoms with Crippen molar-refractivity contribution in [3.8, 4) is 5.75 Å². The van der Waals surface area contributed by atoms with Crippen molar-refractivity contribution in [2.45, 2.75) is 63.3 Å². The summed E-state index contributed by atoms with van der Waals surface area (Å²) in [6.07, 6.45) is -20.8. The molecule has 0 spiro atoms. The molecule has 3 N–H and O–H groups in total. The van der Waals surface area contributed by atoms with Crippen LogP contribution >= 0.6 is 0 Å². The second-order valence-electron chi connectivity index (χ2n) is 12.7. The first-order valence-electron chi connectivity index (χ1n) is 17.0. The quantitative estimate of drug-likeness (QED) is 0.150. The molecule has 1 aliphatic carbocycles. The summed E-state index contributed by atoms with van der Waals surface area (Å²) in [5.74, 6) is -22.8. The molecule has 3 aromatic carbocycles. The maximum Gasteiger partial charge on any atom is 0.462 e. The third-order valence-corrected chi connectivity index (χ3v) is 8.87. The van der Waals surface area contributed by atoms with Crippen molar-refractivity contribution in [2.24, 2.45) is 11.8 Å². The zero-order chi connectivity index (χ0) is 46.9. The predicted octanol–water partition coefficient (Wildman–Crippen LogP) is 10.1. The van der Waals surface area contributed by atoms with E-state index >= 15 is 0 Å². The Bertz CT molecular complexity index is 1990.